The number of hydrogen-bond acceptors (Lipinski definition) is 3. The minimum Gasteiger partial charge on any atom is -0.393 e. The van der Waals surface area contributed by atoms with Crippen molar-refractivity contribution in [1.82, 2.24) is 4.31 Å². The van der Waals surface area contributed by atoms with Gasteiger partial charge >= 0.3 is 0 Å². The SMILES string of the molecule is CC(CN(C)S(=O)(=O)c1ccc(Cl)c(Cl)c1)C(N)=S. The number of sulfonamides is 1. The number of halogens is 2. The third-order valence-corrected chi connectivity index (χ3v) is 5.58. The Balaban J connectivity index is 3.03. The van der Waals surface area contributed by atoms with Crippen LogP contribution < -0.4 is 5.73 Å². The minimum atomic E-state index is -3.63. The zero-order valence-electron chi connectivity index (χ0n) is 10.4. The van der Waals surface area contributed by atoms with E-state index in [4.69, 9.17) is 41.2 Å². The highest BCUT2D eigenvalue weighted by Crippen LogP contribution is 2.26. The van der Waals surface area contributed by atoms with Gasteiger partial charge in [0.2, 0.25) is 10.0 Å². The smallest absolute Gasteiger partial charge is 0.242 e. The first-order chi connectivity index (χ1) is 8.66. The van der Waals surface area contributed by atoms with Gasteiger partial charge in [0.1, 0.15) is 0 Å². The molecule has 1 aromatic rings. The fourth-order valence-corrected chi connectivity index (χ4v) is 3.11. The van der Waals surface area contributed by atoms with Gasteiger partial charge in [0.15, 0.2) is 0 Å². The zero-order valence-corrected chi connectivity index (χ0v) is 13.6. The van der Waals surface area contributed by atoms with Gasteiger partial charge in [-0.25, -0.2) is 12.7 Å². The number of nitrogens with zero attached hydrogens (tertiary/aromatic N) is 1. The van der Waals surface area contributed by atoms with Crippen LogP contribution in [0.1, 0.15) is 6.92 Å². The van der Waals surface area contributed by atoms with Gasteiger partial charge in [0.05, 0.1) is 19.9 Å². The predicted octanol–water partition coefficient (Wildman–Crippen LogP) is 2.54. The summed E-state index contributed by atoms with van der Waals surface area (Å²) in [5.41, 5.74) is 5.48. The molecular formula is C11H14Cl2N2O2S2. The molecule has 0 amide bonds. The number of rotatable bonds is 5. The van der Waals surface area contributed by atoms with Crippen LogP contribution >= 0.6 is 35.4 Å². The second-order valence-electron chi connectivity index (χ2n) is 4.16. The van der Waals surface area contributed by atoms with E-state index in [0.717, 1.165) is 0 Å². The van der Waals surface area contributed by atoms with E-state index in [1.54, 1.807) is 6.92 Å². The van der Waals surface area contributed by atoms with Crippen molar-refractivity contribution in [1.29, 1.82) is 0 Å². The topological polar surface area (TPSA) is 63.4 Å². The van der Waals surface area contributed by atoms with E-state index >= 15 is 0 Å². The van der Waals surface area contributed by atoms with Crippen molar-refractivity contribution in [3.8, 4) is 0 Å². The van der Waals surface area contributed by atoms with E-state index in [1.165, 1.54) is 29.6 Å². The lowest BCUT2D eigenvalue weighted by molar-refractivity contribution is 0.445. The molecule has 0 spiro atoms. The first-order valence-corrected chi connectivity index (χ1v) is 7.97. The fraction of sp³-hybridized carbons (Fsp3) is 0.364. The molecule has 0 saturated carbocycles. The second kappa shape index (κ2) is 6.37. The molecule has 19 heavy (non-hydrogen) atoms. The van der Waals surface area contributed by atoms with Crippen molar-refractivity contribution in [2.24, 2.45) is 11.7 Å². The van der Waals surface area contributed by atoms with Crippen LogP contribution in [-0.2, 0) is 10.0 Å². The van der Waals surface area contributed by atoms with Gasteiger partial charge in [-0.3, -0.25) is 0 Å². The van der Waals surface area contributed by atoms with Crippen LogP contribution in [0.25, 0.3) is 0 Å². The maximum Gasteiger partial charge on any atom is 0.242 e. The lowest BCUT2D eigenvalue weighted by atomic mass is 10.2. The summed E-state index contributed by atoms with van der Waals surface area (Å²) in [6.45, 7) is 1.97. The average molecular weight is 341 g/mol. The van der Waals surface area contributed by atoms with Crippen molar-refractivity contribution < 1.29 is 8.42 Å². The molecule has 0 aromatic heterocycles. The van der Waals surface area contributed by atoms with Crippen LogP contribution in [0.4, 0.5) is 0 Å². The first kappa shape index (κ1) is 16.7. The van der Waals surface area contributed by atoms with Gasteiger partial charge in [-0.1, -0.05) is 42.3 Å². The van der Waals surface area contributed by atoms with Crippen molar-refractivity contribution in [2.45, 2.75) is 11.8 Å². The molecule has 0 heterocycles. The van der Waals surface area contributed by atoms with Gasteiger partial charge in [-0.2, -0.15) is 0 Å². The summed E-state index contributed by atoms with van der Waals surface area (Å²) in [7, 11) is -2.17. The Kier molecular flexibility index (Phi) is 5.58. The van der Waals surface area contributed by atoms with Crippen molar-refractivity contribution in [2.75, 3.05) is 13.6 Å². The molecule has 0 bridgehead atoms. The van der Waals surface area contributed by atoms with Gasteiger partial charge in [-0.15, -0.1) is 0 Å². The van der Waals surface area contributed by atoms with Crippen molar-refractivity contribution in [3.05, 3.63) is 28.2 Å². The summed E-state index contributed by atoms with van der Waals surface area (Å²) in [6.07, 6.45) is 0. The average Bonchev–Trinajstić information content (AvgIpc) is 2.32. The Hall–Kier alpha value is -0.400. The number of benzene rings is 1. The van der Waals surface area contributed by atoms with Crippen LogP contribution in [0.2, 0.25) is 10.0 Å². The molecule has 1 atom stereocenters. The summed E-state index contributed by atoms with van der Waals surface area (Å²) >= 11 is 16.4. The van der Waals surface area contributed by atoms with E-state index < -0.39 is 10.0 Å². The number of hydrogen-bond donors (Lipinski definition) is 1. The molecule has 1 aromatic carbocycles. The molecule has 2 N–H and O–H groups in total. The normalized spacial score (nSPS) is 13.5. The Morgan fingerprint density at radius 3 is 2.47 bits per heavy atom. The van der Waals surface area contributed by atoms with E-state index in [0.29, 0.717) is 5.02 Å². The van der Waals surface area contributed by atoms with Crippen LogP contribution in [-0.4, -0.2) is 31.3 Å². The van der Waals surface area contributed by atoms with Gasteiger partial charge < -0.3 is 5.73 Å². The fourth-order valence-electron chi connectivity index (χ4n) is 1.39. The molecule has 1 unspecified atom stereocenters. The third-order valence-electron chi connectivity index (χ3n) is 2.62. The lowest BCUT2D eigenvalue weighted by Crippen LogP contribution is -2.35. The molecule has 0 saturated heterocycles. The molecule has 0 radical (unpaired) electrons. The Morgan fingerprint density at radius 2 is 2.00 bits per heavy atom. The van der Waals surface area contributed by atoms with E-state index in [-0.39, 0.29) is 27.4 Å². The summed E-state index contributed by atoms with van der Waals surface area (Å²) in [4.78, 5) is 0.357. The van der Waals surface area contributed by atoms with Gasteiger partial charge in [-0.05, 0) is 18.2 Å². The molecule has 0 aliphatic rings. The predicted molar refractivity (Wildman–Crippen MR) is 82.2 cm³/mol. The Labute approximate surface area is 128 Å². The highest BCUT2D eigenvalue weighted by atomic mass is 35.5. The monoisotopic (exact) mass is 340 g/mol. The molecular weight excluding hydrogens is 327 g/mol. The van der Waals surface area contributed by atoms with E-state index in [2.05, 4.69) is 0 Å². The molecule has 0 fully saturated rings. The summed E-state index contributed by atoms with van der Waals surface area (Å²) in [5.74, 6) is -0.211. The van der Waals surface area contributed by atoms with Crippen molar-refractivity contribution in [3.63, 3.8) is 0 Å². The van der Waals surface area contributed by atoms with E-state index in [1.807, 2.05) is 0 Å². The summed E-state index contributed by atoms with van der Waals surface area (Å²) < 4.78 is 25.8. The summed E-state index contributed by atoms with van der Waals surface area (Å²) in [6, 6.07) is 4.17. The van der Waals surface area contributed by atoms with Gasteiger partial charge in [0.25, 0.3) is 0 Å². The highest BCUT2D eigenvalue weighted by Gasteiger charge is 2.23. The molecule has 4 nitrogen and oxygen atoms in total. The second-order valence-corrected chi connectivity index (χ2v) is 7.50. The minimum absolute atomic E-state index is 0.0829. The third kappa shape index (κ3) is 4.03. The summed E-state index contributed by atoms with van der Waals surface area (Å²) in [5, 5.41) is 0.498. The molecule has 0 aliphatic carbocycles. The maximum atomic E-state index is 12.3. The molecule has 0 aliphatic heterocycles. The largest absolute Gasteiger partial charge is 0.393 e. The molecule has 106 valence electrons. The van der Waals surface area contributed by atoms with Crippen LogP contribution in [0.3, 0.4) is 0 Å². The van der Waals surface area contributed by atoms with Crippen molar-refractivity contribution >= 4 is 50.4 Å². The number of thiocarbonyl (C=S) groups is 1. The van der Waals surface area contributed by atoms with Crippen LogP contribution in [0, 0.1) is 5.92 Å². The number of nitrogens with two attached hydrogens (primary N) is 1. The zero-order chi connectivity index (χ0) is 14.8. The lowest BCUT2D eigenvalue weighted by Gasteiger charge is -2.20. The standard InChI is InChI=1S/C11H14Cl2N2O2S2/c1-7(11(14)18)6-15(2)19(16,17)8-3-4-9(12)10(13)5-8/h3-5,7H,6H2,1-2H3,(H2,14,18). The molecule has 1 rings (SSSR count). The Morgan fingerprint density at radius 1 is 1.42 bits per heavy atom. The van der Waals surface area contributed by atoms with Gasteiger partial charge in [0, 0.05) is 19.5 Å². The molecule has 8 heteroatoms. The van der Waals surface area contributed by atoms with E-state index in [9.17, 15) is 8.42 Å². The maximum absolute atomic E-state index is 12.3. The Bertz CT molecular complexity index is 590. The van der Waals surface area contributed by atoms with Crippen LogP contribution in [0.15, 0.2) is 23.1 Å². The quantitative estimate of drug-likeness (QED) is 0.836. The highest BCUT2D eigenvalue weighted by molar-refractivity contribution is 7.89. The van der Waals surface area contributed by atoms with Crippen LogP contribution in [0.5, 0.6) is 0 Å². The first-order valence-electron chi connectivity index (χ1n) is 5.37.